The van der Waals surface area contributed by atoms with Crippen molar-refractivity contribution in [1.29, 1.82) is 0 Å². The van der Waals surface area contributed by atoms with E-state index in [1.807, 2.05) is 30.3 Å². The van der Waals surface area contributed by atoms with Crippen LogP contribution in [0.25, 0.3) is 0 Å². The number of rotatable bonds is 14. The summed E-state index contributed by atoms with van der Waals surface area (Å²) in [6, 6.07) is 24.2. The minimum Gasteiger partial charge on any atom is -0.493 e. The molecule has 0 radical (unpaired) electrons. The molecular weight excluding hydrogens is 681 g/mol. The van der Waals surface area contributed by atoms with Crippen molar-refractivity contribution in [2.45, 2.75) is 62.0 Å². The Balaban J connectivity index is 1.57. The molecule has 50 heavy (non-hydrogen) atoms. The molecule has 1 unspecified atom stereocenters. The number of amides is 2. The van der Waals surface area contributed by atoms with Gasteiger partial charge < -0.3 is 19.7 Å². The predicted molar refractivity (Wildman–Crippen MR) is 191 cm³/mol. The summed E-state index contributed by atoms with van der Waals surface area (Å²) in [6.45, 7) is -0.683. The van der Waals surface area contributed by atoms with E-state index in [0.29, 0.717) is 16.3 Å². The van der Waals surface area contributed by atoms with Crippen LogP contribution in [0.15, 0.2) is 102 Å². The first-order chi connectivity index (χ1) is 24.1. The first-order valence-electron chi connectivity index (χ1n) is 16.5. The van der Waals surface area contributed by atoms with Gasteiger partial charge in [0.25, 0.3) is 10.0 Å². The fraction of sp³-hybridized carbons (Fsp3) is 0.316. The van der Waals surface area contributed by atoms with E-state index in [1.165, 1.54) is 49.5 Å². The van der Waals surface area contributed by atoms with Gasteiger partial charge >= 0.3 is 0 Å². The second-order valence-electron chi connectivity index (χ2n) is 12.2. The smallest absolute Gasteiger partial charge is 0.264 e. The molecule has 5 rings (SSSR count). The van der Waals surface area contributed by atoms with Crippen molar-refractivity contribution in [2.24, 2.45) is 0 Å². The average molecular weight is 722 g/mol. The van der Waals surface area contributed by atoms with Crippen LogP contribution >= 0.6 is 11.6 Å². The molecule has 1 fully saturated rings. The van der Waals surface area contributed by atoms with E-state index in [9.17, 15) is 22.4 Å². The van der Waals surface area contributed by atoms with Crippen LogP contribution in [0.5, 0.6) is 11.5 Å². The van der Waals surface area contributed by atoms with Crippen LogP contribution in [0.3, 0.4) is 0 Å². The largest absolute Gasteiger partial charge is 0.493 e. The zero-order valence-corrected chi connectivity index (χ0v) is 29.6. The van der Waals surface area contributed by atoms with Crippen LogP contribution in [0.4, 0.5) is 10.1 Å². The number of ether oxygens (including phenoxy) is 2. The molecule has 1 aliphatic rings. The van der Waals surface area contributed by atoms with Crippen molar-refractivity contribution in [3.05, 3.63) is 119 Å². The lowest BCUT2D eigenvalue weighted by molar-refractivity contribution is -0.140. The third-order valence-electron chi connectivity index (χ3n) is 8.83. The van der Waals surface area contributed by atoms with Crippen molar-refractivity contribution >= 4 is 39.1 Å². The topological polar surface area (TPSA) is 105 Å². The van der Waals surface area contributed by atoms with Gasteiger partial charge in [0.1, 0.15) is 18.4 Å². The highest BCUT2D eigenvalue weighted by Crippen LogP contribution is 2.33. The monoisotopic (exact) mass is 721 g/mol. The third-order valence-corrected chi connectivity index (χ3v) is 10.8. The lowest BCUT2D eigenvalue weighted by Crippen LogP contribution is -2.55. The van der Waals surface area contributed by atoms with E-state index in [0.717, 1.165) is 54.1 Å². The van der Waals surface area contributed by atoms with Crippen LogP contribution < -0.4 is 19.1 Å². The Morgan fingerprint density at radius 3 is 2.16 bits per heavy atom. The number of hydrogen-bond donors (Lipinski definition) is 1. The lowest BCUT2D eigenvalue weighted by atomic mass is 9.94. The fourth-order valence-corrected chi connectivity index (χ4v) is 7.68. The third kappa shape index (κ3) is 9.13. The average Bonchev–Trinajstić information content (AvgIpc) is 3.13. The summed E-state index contributed by atoms with van der Waals surface area (Å²) in [6.07, 6.45) is 4.99. The molecule has 1 saturated carbocycles. The maximum Gasteiger partial charge on any atom is 0.264 e. The highest BCUT2D eigenvalue weighted by atomic mass is 35.5. The Hall–Kier alpha value is -4.61. The molecule has 0 saturated heterocycles. The number of benzene rings is 4. The normalized spacial score (nSPS) is 14.0. The summed E-state index contributed by atoms with van der Waals surface area (Å²) in [7, 11) is -1.63. The molecule has 0 heterocycles. The molecule has 0 aliphatic heterocycles. The Morgan fingerprint density at radius 1 is 0.860 bits per heavy atom. The second kappa shape index (κ2) is 16.9. The number of methoxy groups -OCH3 is 2. The van der Waals surface area contributed by atoms with Gasteiger partial charge in [-0.3, -0.25) is 13.9 Å². The van der Waals surface area contributed by atoms with Crippen molar-refractivity contribution in [3.63, 3.8) is 0 Å². The SMILES string of the molecule is COc1ccc(S(=O)(=O)N(CC(=O)N(Cc2ccc(Cl)cc2)C(Cc2ccccc2)C(=O)NC2CCCCC2)c2ccc(F)cc2)cc1OC. The number of halogens is 2. The molecule has 0 bridgehead atoms. The zero-order chi connectivity index (χ0) is 35.7. The molecule has 1 N–H and O–H groups in total. The second-order valence-corrected chi connectivity index (χ2v) is 14.5. The Kier molecular flexibility index (Phi) is 12.4. The Labute approximate surface area is 298 Å². The van der Waals surface area contributed by atoms with Crippen LogP contribution in [0.1, 0.15) is 43.2 Å². The lowest BCUT2D eigenvalue weighted by Gasteiger charge is -2.35. The van der Waals surface area contributed by atoms with Gasteiger partial charge in [0.2, 0.25) is 11.8 Å². The van der Waals surface area contributed by atoms with Crippen LogP contribution in [-0.4, -0.2) is 58.0 Å². The van der Waals surface area contributed by atoms with Crippen LogP contribution in [-0.2, 0) is 32.6 Å². The molecule has 12 heteroatoms. The maximum atomic E-state index is 14.7. The minimum atomic E-state index is -4.45. The van der Waals surface area contributed by atoms with Gasteiger partial charge in [0.05, 0.1) is 24.8 Å². The molecule has 9 nitrogen and oxygen atoms in total. The molecule has 1 aliphatic carbocycles. The maximum absolute atomic E-state index is 14.7. The van der Waals surface area contributed by atoms with E-state index < -0.39 is 34.3 Å². The minimum absolute atomic E-state index is 0.000741. The fourth-order valence-electron chi connectivity index (χ4n) is 6.13. The summed E-state index contributed by atoms with van der Waals surface area (Å²) in [5, 5.41) is 3.69. The number of nitrogens with one attached hydrogen (secondary N) is 1. The van der Waals surface area contributed by atoms with Gasteiger partial charge in [-0.25, -0.2) is 12.8 Å². The first-order valence-corrected chi connectivity index (χ1v) is 18.3. The van der Waals surface area contributed by atoms with Crippen molar-refractivity contribution in [2.75, 3.05) is 25.1 Å². The summed E-state index contributed by atoms with van der Waals surface area (Å²) >= 11 is 6.17. The van der Waals surface area contributed by atoms with Crippen molar-refractivity contribution < 1.29 is 31.9 Å². The van der Waals surface area contributed by atoms with Crippen molar-refractivity contribution in [1.82, 2.24) is 10.2 Å². The Morgan fingerprint density at radius 2 is 1.52 bits per heavy atom. The van der Waals surface area contributed by atoms with Gasteiger partial charge in [-0.15, -0.1) is 0 Å². The highest BCUT2D eigenvalue weighted by molar-refractivity contribution is 7.92. The van der Waals surface area contributed by atoms with Gasteiger partial charge in [-0.05, 0) is 72.5 Å². The molecule has 0 spiro atoms. The molecule has 0 aromatic heterocycles. The highest BCUT2D eigenvalue weighted by Gasteiger charge is 2.35. The molecule has 4 aromatic carbocycles. The van der Waals surface area contributed by atoms with Crippen LogP contribution in [0.2, 0.25) is 5.02 Å². The predicted octanol–water partition coefficient (Wildman–Crippen LogP) is 6.78. The van der Waals surface area contributed by atoms with E-state index in [4.69, 9.17) is 21.1 Å². The standard InChI is InChI=1S/C38H41ClFN3O6S/c1-48-35-22-21-33(24-36(35)49-2)50(46,47)43(32-19-17-30(40)18-20-32)26-37(44)42(25-28-13-15-29(39)16-14-28)34(23-27-9-5-3-6-10-27)38(45)41-31-11-7-4-8-12-31/h3,5-6,9-10,13-22,24,31,34H,4,7-8,11-12,23,25-26H2,1-2H3,(H,41,45). The van der Waals surface area contributed by atoms with Crippen LogP contribution in [0, 0.1) is 5.82 Å². The number of anilines is 1. The first kappa shape index (κ1) is 36.7. The van der Waals surface area contributed by atoms with E-state index in [-0.39, 0.29) is 41.2 Å². The van der Waals surface area contributed by atoms with E-state index in [2.05, 4.69) is 5.32 Å². The summed E-state index contributed by atoms with van der Waals surface area (Å²) in [5.41, 5.74) is 1.59. The molecular formula is C38H41ClFN3O6S. The molecule has 2 amide bonds. The Bertz CT molecular complexity index is 1850. The van der Waals surface area contributed by atoms with Gasteiger partial charge in [-0.2, -0.15) is 0 Å². The summed E-state index contributed by atoms with van der Waals surface area (Å²) in [4.78, 5) is 30.2. The molecule has 4 aromatic rings. The van der Waals surface area contributed by atoms with Gasteiger partial charge in [-0.1, -0.05) is 73.3 Å². The summed E-state index contributed by atoms with van der Waals surface area (Å²) < 4.78 is 54.4. The molecule has 1 atom stereocenters. The molecule has 264 valence electrons. The van der Waals surface area contributed by atoms with E-state index in [1.54, 1.807) is 24.3 Å². The van der Waals surface area contributed by atoms with Gasteiger partial charge in [0, 0.05) is 30.1 Å². The number of carbonyl (C=O) groups excluding carboxylic acids is 2. The summed E-state index contributed by atoms with van der Waals surface area (Å²) in [5.74, 6) is -1.04. The van der Waals surface area contributed by atoms with Crippen molar-refractivity contribution in [3.8, 4) is 11.5 Å². The zero-order valence-electron chi connectivity index (χ0n) is 28.1. The number of sulfonamides is 1. The number of hydrogen-bond acceptors (Lipinski definition) is 6. The van der Waals surface area contributed by atoms with Gasteiger partial charge in [0.15, 0.2) is 11.5 Å². The quantitative estimate of drug-likeness (QED) is 0.154. The number of nitrogens with zero attached hydrogens (tertiary/aromatic N) is 2. The van der Waals surface area contributed by atoms with E-state index >= 15 is 0 Å². The number of carbonyl (C=O) groups is 2.